The fraction of sp³-hybridized carbons (Fsp3) is 0.429. The van der Waals surface area contributed by atoms with Crippen LogP contribution in [0, 0.1) is 0 Å². The van der Waals surface area contributed by atoms with Crippen molar-refractivity contribution in [2.24, 2.45) is 0 Å². The molecule has 0 aromatic heterocycles. The molecule has 4 nitrogen and oxygen atoms in total. The number of hydrogen-bond donors (Lipinski definition) is 0. The van der Waals surface area contributed by atoms with Gasteiger partial charge in [0.2, 0.25) is 0 Å². The van der Waals surface area contributed by atoms with Crippen LogP contribution >= 0.6 is 0 Å². The number of esters is 1. The summed E-state index contributed by atoms with van der Waals surface area (Å²) in [5, 5.41) is 0. The first-order chi connectivity index (χ1) is 9.86. The van der Waals surface area contributed by atoms with Gasteiger partial charge in [-0.15, -0.1) is 0 Å². The molecule has 0 aliphatic carbocycles. The Morgan fingerprint density at radius 2 is 1.81 bits per heavy atom. The summed E-state index contributed by atoms with van der Waals surface area (Å²) < 4.78 is 42.6. The molecular weight excluding hydrogens is 287 g/mol. The number of hydrogen-bond acceptors (Lipinski definition) is 3. The lowest BCUT2D eigenvalue weighted by Crippen LogP contribution is -2.44. The molecule has 1 rings (SSSR count). The molecule has 0 saturated heterocycles. The van der Waals surface area contributed by atoms with E-state index in [4.69, 9.17) is 4.74 Å². The molecule has 1 aromatic carbocycles. The molecule has 21 heavy (non-hydrogen) atoms. The maximum atomic E-state index is 12.6. The van der Waals surface area contributed by atoms with Crippen LogP contribution in [0.3, 0.4) is 0 Å². The summed E-state index contributed by atoms with van der Waals surface area (Å²) in [5.74, 6) is -2.97. The summed E-state index contributed by atoms with van der Waals surface area (Å²) in [6.45, 7) is 1.24. The van der Waals surface area contributed by atoms with E-state index in [1.807, 2.05) is 6.92 Å². The first-order valence-electron chi connectivity index (χ1n) is 6.45. The number of alkyl halides is 3. The van der Waals surface area contributed by atoms with Gasteiger partial charge in [0.15, 0.2) is 0 Å². The van der Waals surface area contributed by atoms with Crippen molar-refractivity contribution < 1.29 is 27.5 Å². The number of ether oxygens (including phenoxy) is 1. The Bertz CT molecular complexity index is 474. The maximum Gasteiger partial charge on any atom is 0.471 e. The molecule has 0 fully saturated rings. The lowest BCUT2D eigenvalue weighted by Gasteiger charge is -2.22. The monoisotopic (exact) mass is 303 g/mol. The molecule has 0 aliphatic rings. The van der Waals surface area contributed by atoms with Gasteiger partial charge in [0.05, 0.1) is 6.61 Å². The van der Waals surface area contributed by atoms with Crippen LogP contribution in [0.5, 0.6) is 0 Å². The second-order valence-electron chi connectivity index (χ2n) is 4.30. The van der Waals surface area contributed by atoms with Crippen molar-refractivity contribution >= 4 is 17.6 Å². The van der Waals surface area contributed by atoms with Gasteiger partial charge in [-0.1, -0.05) is 31.5 Å². The molecule has 1 amide bonds. The molecule has 0 aliphatic heterocycles. The molecule has 0 unspecified atom stereocenters. The SMILES string of the molecule is CCCCOC(=O)CN(C(=O)C(F)(F)F)c1ccccc1. The third-order valence-corrected chi connectivity index (χ3v) is 2.60. The van der Waals surface area contributed by atoms with Crippen molar-refractivity contribution in [3.8, 4) is 0 Å². The number of anilines is 1. The molecule has 1 aromatic rings. The minimum absolute atomic E-state index is 0.00716. The average Bonchev–Trinajstić information content (AvgIpc) is 2.44. The standard InChI is InChI=1S/C14H16F3NO3/c1-2-3-9-21-12(19)10-18(13(20)14(15,16)17)11-7-5-4-6-8-11/h4-8H,2-3,9-10H2,1H3. The van der Waals surface area contributed by atoms with Gasteiger partial charge in [0.25, 0.3) is 0 Å². The number of halogens is 3. The first kappa shape index (κ1) is 17.0. The number of nitrogens with zero attached hydrogens (tertiary/aromatic N) is 1. The van der Waals surface area contributed by atoms with E-state index >= 15 is 0 Å². The van der Waals surface area contributed by atoms with Gasteiger partial charge < -0.3 is 4.74 Å². The molecule has 0 atom stereocenters. The van der Waals surface area contributed by atoms with Gasteiger partial charge in [-0.3, -0.25) is 14.5 Å². The Kier molecular flexibility index (Phi) is 6.20. The van der Waals surface area contributed by atoms with Gasteiger partial charge in [-0.25, -0.2) is 0 Å². The molecule has 0 bridgehead atoms. The predicted molar refractivity (Wildman–Crippen MR) is 70.7 cm³/mol. The molecule has 116 valence electrons. The highest BCUT2D eigenvalue weighted by Crippen LogP contribution is 2.23. The predicted octanol–water partition coefficient (Wildman–Crippen LogP) is 2.93. The van der Waals surface area contributed by atoms with Gasteiger partial charge in [-0.05, 0) is 18.6 Å². The summed E-state index contributed by atoms with van der Waals surface area (Å²) >= 11 is 0. The van der Waals surface area contributed by atoms with E-state index in [1.54, 1.807) is 6.07 Å². The smallest absolute Gasteiger partial charge is 0.464 e. The fourth-order valence-corrected chi connectivity index (χ4v) is 1.55. The van der Waals surface area contributed by atoms with Crippen molar-refractivity contribution in [3.63, 3.8) is 0 Å². The Balaban J connectivity index is 2.84. The number of benzene rings is 1. The van der Waals surface area contributed by atoms with E-state index in [0.717, 1.165) is 6.42 Å². The highest BCUT2D eigenvalue weighted by Gasteiger charge is 2.43. The van der Waals surface area contributed by atoms with Crippen molar-refractivity contribution in [2.45, 2.75) is 25.9 Å². The lowest BCUT2D eigenvalue weighted by atomic mass is 10.2. The molecule has 0 spiro atoms. The third-order valence-electron chi connectivity index (χ3n) is 2.60. The highest BCUT2D eigenvalue weighted by atomic mass is 19.4. The zero-order valence-corrected chi connectivity index (χ0v) is 11.5. The Morgan fingerprint density at radius 3 is 2.33 bits per heavy atom. The minimum Gasteiger partial charge on any atom is -0.464 e. The van der Waals surface area contributed by atoms with Gasteiger partial charge in [0.1, 0.15) is 6.54 Å². The zero-order valence-electron chi connectivity index (χ0n) is 11.5. The van der Waals surface area contributed by atoms with E-state index < -0.39 is 24.6 Å². The Morgan fingerprint density at radius 1 is 1.19 bits per heavy atom. The molecule has 0 radical (unpaired) electrons. The Hall–Kier alpha value is -2.05. The van der Waals surface area contributed by atoms with Crippen LogP contribution in [0.4, 0.5) is 18.9 Å². The summed E-state index contributed by atoms with van der Waals surface area (Å²) in [6, 6.07) is 7.20. The third kappa shape index (κ3) is 5.45. The van der Waals surface area contributed by atoms with Gasteiger partial charge in [0, 0.05) is 5.69 Å². The van der Waals surface area contributed by atoms with E-state index in [2.05, 4.69) is 0 Å². The number of amides is 1. The Labute approximate surface area is 120 Å². The topological polar surface area (TPSA) is 46.6 Å². The molecule has 0 heterocycles. The van der Waals surface area contributed by atoms with Crippen LogP contribution in [0.15, 0.2) is 30.3 Å². The van der Waals surface area contributed by atoms with Crippen LogP contribution < -0.4 is 4.90 Å². The number of carbonyl (C=O) groups is 2. The van der Waals surface area contributed by atoms with Crippen LogP contribution in [-0.2, 0) is 14.3 Å². The summed E-state index contributed by atoms with van der Waals surface area (Å²) in [5.41, 5.74) is -0.00716. The van der Waals surface area contributed by atoms with Gasteiger partial charge >= 0.3 is 18.1 Å². The van der Waals surface area contributed by atoms with Crippen molar-refractivity contribution in [2.75, 3.05) is 18.1 Å². The number of para-hydroxylation sites is 1. The maximum absolute atomic E-state index is 12.6. The first-order valence-corrected chi connectivity index (χ1v) is 6.45. The average molecular weight is 303 g/mol. The van der Waals surface area contributed by atoms with Crippen LogP contribution in [-0.4, -0.2) is 31.2 Å². The summed E-state index contributed by atoms with van der Waals surface area (Å²) in [4.78, 5) is 23.3. The van der Waals surface area contributed by atoms with E-state index in [1.165, 1.54) is 24.3 Å². The summed E-state index contributed by atoms with van der Waals surface area (Å²) in [6.07, 6.45) is -3.65. The number of rotatable bonds is 6. The molecule has 0 saturated carbocycles. The number of unbranched alkanes of at least 4 members (excludes halogenated alkanes) is 1. The molecular formula is C14H16F3NO3. The van der Waals surface area contributed by atoms with Crippen LogP contribution in [0.2, 0.25) is 0 Å². The lowest BCUT2D eigenvalue weighted by molar-refractivity contribution is -0.171. The van der Waals surface area contributed by atoms with Crippen molar-refractivity contribution in [1.29, 1.82) is 0 Å². The highest BCUT2D eigenvalue weighted by molar-refractivity contribution is 6.00. The fourth-order valence-electron chi connectivity index (χ4n) is 1.55. The molecule has 0 N–H and O–H groups in total. The zero-order chi connectivity index (χ0) is 15.9. The van der Waals surface area contributed by atoms with Crippen LogP contribution in [0.25, 0.3) is 0 Å². The van der Waals surface area contributed by atoms with Gasteiger partial charge in [-0.2, -0.15) is 13.2 Å². The van der Waals surface area contributed by atoms with Crippen LogP contribution in [0.1, 0.15) is 19.8 Å². The second-order valence-corrected chi connectivity index (χ2v) is 4.30. The summed E-state index contributed by atoms with van der Waals surface area (Å²) in [7, 11) is 0. The largest absolute Gasteiger partial charge is 0.471 e. The normalized spacial score (nSPS) is 11.0. The number of carbonyl (C=O) groups excluding carboxylic acids is 2. The second kappa shape index (κ2) is 7.66. The molecule has 7 heteroatoms. The van der Waals surface area contributed by atoms with Crippen molar-refractivity contribution in [3.05, 3.63) is 30.3 Å². The van der Waals surface area contributed by atoms with Crippen molar-refractivity contribution in [1.82, 2.24) is 0 Å². The van der Waals surface area contributed by atoms with E-state index in [-0.39, 0.29) is 12.3 Å². The van der Waals surface area contributed by atoms with E-state index in [0.29, 0.717) is 11.3 Å². The quantitative estimate of drug-likeness (QED) is 0.599. The minimum atomic E-state index is -5.06. The van der Waals surface area contributed by atoms with E-state index in [9.17, 15) is 22.8 Å².